The van der Waals surface area contributed by atoms with E-state index in [2.05, 4.69) is 34.3 Å². The smallest absolute Gasteiger partial charge is 0.129 e. The molecule has 0 atom stereocenters. The third-order valence-corrected chi connectivity index (χ3v) is 3.85. The van der Waals surface area contributed by atoms with Crippen molar-refractivity contribution in [3.63, 3.8) is 0 Å². The molecular weight excluding hydrogens is 236 g/mol. The number of nitrogens with two attached hydrogens (primary N) is 1. The molecule has 2 heterocycles. The molecule has 19 heavy (non-hydrogen) atoms. The minimum absolute atomic E-state index is 0.715. The molecule has 4 heteroatoms. The third kappa shape index (κ3) is 2.49. The van der Waals surface area contributed by atoms with Gasteiger partial charge in [-0.2, -0.15) is 5.10 Å². The summed E-state index contributed by atoms with van der Waals surface area (Å²) in [6.07, 6.45) is 4.50. The van der Waals surface area contributed by atoms with Crippen molar-refractivity contribution in [2.45, 2.75) is 19.4 Å². The third-order valence-electron chi connectivity index (χ3n) is 3.85. The van der Waals surface area contributed by atoms with Gasteiger partial charge in [0.1, 0.15) is 5.82 Å². The molecule has 1 aromatic heterocycles. The summed E-state index contributed by atoms with van der Waals surface area (Å²) in [7, 11) is 1.86. The fraction of sp³-hybridized carbons (Fsp3) is 0.400. The van der Waals surface area contributed by atoms with E-state index >= 15 is 0 Å². The predicted molar refractivity (Wildman–Crippen MR) is 77.6 cm³/mol. The summed E-state index contributed by atoms with van der Waals surface area (Å²) in [4.78, 5) is 2.51. The van der Waals surface area contributed by atoms with Gasteiger partial charge in [-0.05, 0) is 37.1 Å². The van der Waals surface area contributed by atoms with Crippen LogP contribution in [0.25, 0.3) is 11.1 Å². The number of benzene rings is 1. The number of aryl methyl sites for hydroxylation is 1. The van der Waals surface area contributed by atoms with Crippen molar-refractivity contribution in [2.24, 2.45) is 7.05 Å². The molecule has 0 radical (unpaired) electrons. The molecule has 4 nitrogen and oxygen atoms in total. The zero-order valence-corrected chi connectivity index (χ0v) is 11.3. The van der Waals surface area contributed by atoms with Crippen molar-refractivity contribution < 1.29 is 0 Å². The first-order valence-electron chi connectivity index (χ1n) is 6.83. The first-order chi connectivity index (χ1) is 9.24. The van der Waals surface area contributed by atoms with Crippen molar-refractivity contribution in [1.82, 2.24) is 14.7 Å². The lowest BCUT2D eigenvalue weighted by Crippen LogP contribution is -2.18. The average Bonchev–Trinajstić information content (AvgIpc) is 3.03. The Morgan fingerprint density at radius 2 is 1.84 bits per heavy atom. The minimum Gasteiger partial charge on any atom is -0.383 e. The van der Waals surface area contributed by atoms with E-state index in [1.807, 2.05) is 13.2 Å². The Kier molecular flexibility index (Phi) is 3.25. The molecule has 1 aliphatic heterocycles. The van der Waals surface area contributed by atoms with E-state index < -0.39 is 0 Å². The number of aromatic nitrogens is 2. The van der Waals surface area contributed by atoms with E-state index in [0.29, 0.717) is 5.82 Å². The SMILES string of the molecule is Cn1ncc(-c2ccc(CN3CCCC3)cc2)c1N. The molecule has 0 amide bonds. The summed E-state index contributed by atoms with van der Waals surface area (Å²) >= 11 is 0. The molecule has 100 valence electrons. The molecule has 1 fully saturated rings. The van der Waals surface area contributed by atoms with Gasteiger partial charge < -0.3 is 5.73 Å². The topological polar surface area (TPSA) is 47.1 Å². The Morgan fingerprint density at radius 3 is 2.42 bits per heavy atom. The van der Waals surface area contributed by atoms with Crippen LogP contribution in [0.1, 0.15) is 18.4 Å². The number of likely N-dealkylation sites (tertiary alicyclic amines) is 1. The summed E-state index contributed by atoms with van der Waals surface area (Å²) < 4.78 is 1.70. The van der Waals surface area contributed by atoms with Crippen LogP contribution in [-0.4, -0.2) is 27.8 Å². The second-order valence-electron chi connectivity index (χ2n) is 5.25. The second-order valence-corrected chi connectivity index (χ2v) is 5.25. The van der Waals surface area contributed by atoms with Crippen LogP contribution in [0.5, 0.6) is 0 Å². The van der Waals surface area contributed by atoms with Gasteiger partial charge in [0.2, 0.25) is 0 Å². The molecule has 3 rings (SSSR count). The normalized spacial score (nSPS) is 16.1. The predicted octanol–water partition coefficient (Wildman–Crippen LogP) is 2.27. The minimum atomic E-state index is 0.715. The van der Waals surface area contributed by atoms with Gasteiger partial charge in [-0.3, -0.25) is 9.58 Å². The number of nitrogens with zero attached hydrogens (tertiary/aromatic N) is 3. The zero-order chi connectivity index (χ0) is 13.2. The molecule has 0 unspecified atom stereocenters. The number of hydrogen-bond donors (Lipinski definition) is 1. The first kappa shape index (κ1) is 12.2. The Hall–Kier alpha value is -1.81. The van der Waals surface area contributed by atoms with Crippen LogP contribution >= 0.6 is 0 Å². The van der Waals surface area contributed by atoms with Crippen LogP contribution in [0.15, 0.2) is 30.5 Å². The quantitative estimate of drug-likeness (QED) is 0.916. The van der Waals surface area contributed by atoms with E-state index in [1.54, 1.807) is 4.68 Å². The molecule has 0 aliphatic carbocycles. The van der Waals surface area contributed by atoms with Crippen molar-refractivity contribution >= 4 is 5.82 Å². The summed E-state index contributed by atoms with van der Waals surface area (Å²) in [6.45, 7) is 3.53. The van der Waals surface area contributed by atoms with Gasteiger partial charge in [-0.25, -0.2) is 0 Å². The molecule has 2 N–H and O–H groups in total. The van der Waals surface area contributed by atoms with E-state index in [4.69, 9.17) is 5.73 Å². The lowest BCUT2D eigenvalue weighted by molar-refractivity contribution is 0.331. The van der Waals surface area contributed by atoms with Crippen LogP contribution in [-0.2, 0) is 13.6 Å². The maximum absolute atomic E-state index is 6.00. The molecule has 0 bridgehead atoms. The van der Waals surface area contributed by atoms with Crippen molar-refractivity contribution in [3.05, 3.63) is 36.0 Å². The van der Waals surface area contributed by atoms with E-state index in [-0.39, 0.29) is 0 Å². The standard InChI is InChI=1S/C15H20N4/c1-18-15(16)14(10-17-18)13-6-4-12(5-7-13)11-19-8-2-3-9-19/h4-7,10H,2-3,8-9,11,16H2,1H3. The summed E-state index contributed by atoms with van der Waals surface area (Å²) in [5.74, 6) is 0.715. The second kappa shape index (κ2) is 5.05. The van der Waals surface area contributed by atoms with Gasteiger partial charge in [-0.1, -0.05) is 24.3 Å². The van der Waals surface area contributed by atoms with Crippen LogP contribution in [0.3, 0.4) is 0 Å². The van der Waals surface area contributed by atoms with Crippen LogP contribution < -0.4 is 5.73 Å². The maximum Gasteiger partial charge on any atom is 0.129 e. The monoisotopic (exact) mass is 256 g/mol. The van der Waals surface area contributed by atoms with Gasteiger partial charge in [0.05, 0.1) is 6.20 Å². The highest BCUT2D eigenvalue weighted by Crippen LogP contribution is 2.25. The summed E-state index contributed by atoms with van der Waals surface area (Å²) in [5, 5.41) is 4.18. The fourth-order valence-corrected chi connectivity index (χ4v) is 2.66. The number of anilines is 1. The molecule has 1 aliphatic rings. The van der Waals surface area contributed by atoms with Crippen molar-refractivity contribution in [2.75, 3.05) is 18.8 Å². The van der Waals surface area contributed by atoms with Crippen molar-refractivity contribution in [1.29, 1.82) is 0 Å². The Labute approximate surface area is 113 Å². The Bertz CT molecular complexity index is 550. The van der Waals surface area contributed by atoms with Gasteiger partial charge in [0.15, 0.2) is 0 Å². The fourth-order valence-electron chi connectivity index (χ4n) is 2.66. The highest BCUT2D eigenvalue weighted by molar-refractivity contribution is 5.73. The lowest BCUT2D eigenvalue weighted by atomic mass is 10.1. The lowest BCUT2D eigenvalue weighted by Gasteiger charge is -2.14. The summed E-state index contributed by atoms with van der Waals surface area (Å²) in [5.41, 5.74) is 9.51. The Balaban J connectivity index is 1.76. The number of hydrogen-bond acceptors (Lipinski definition) is 3. The van der Waals surface area contributed by atoms with E-state index in [9.17, 15) is 0 Å². The molecule has 2 aromatic rings. The molecule has 1 saturated heterocycles. The van der Waals surface area contributed by atoms with E-state index in [1.165, 1.54) is 31.5 Å². The van der Waals surface area contributed by atoms with Crippen LogP contribution in [0, 0.1) is 0 Å². The average molecular weight is 256 g/mol. The highest BCUT2D eigenvalue weighted by atomic mass is 15.3. The highest BCUT2D eigenvalue weighted by Gasteiger charge is 2.12. The van der Waals surface area contributed by atoms with Gasteiger partial charge in [0.25, 0.3) is 0 Å². The first-order valence-corrected chi connectivity index (χ1v) is 6.83. The van der Waals surface area contributed by atoms with Gasteiger partial charge >= 0.3 is 0 Å². The summed E-state index contributed by atoms with van der Waals surface area (Å²) in [6, 6.07) is 8.66. The van der Waals surface area contributed by atoms with Gasteiger partial charge in [-0.15, -0.1) is 0 Å². The largest absolute Gasteiger partial charge is 0.383 e. The van der Waals surface area contributed by atoms with Crippen LogP contribution in [0.2, 0.25) is 0 Å². The molecule has 1 aromatic carbocycles. The number of rotatable bonds is 3. The maximum atomic E-state index is 6.00. The van der Waals surface area contributed by atoms with Crippen LogP contribution in [0.4, 0.5) is 5.82 Å². The van der Waals surface area contributed by atoms with Crippen molar-refractivity contribution in [3.8, 4) is 11.1 Å². The Morgan fingerprint density at radius 1 is 1.16 bits per heavy atom. The molecular formula is C15H20N4. The van der Waals surface area contributed by atoms with Gasteiger partial charge in [0, 0.05) is 19.2 Å². The molecule has 0 saturated carbocycles. The molecule has 0 spiro atoms. The zero-order valence-electron chi connectivity index (χ0n) is 11.3. The van der Waals surface area contributed by atoms with E-state index in [0.717, 1.165) is 17.7 Å². The number of nitrogen functional groups attached to an aromatic ring is 1.